The molecule has 5 aliphatic rings. The number of piperazine rings is 1. The highest BCUT2D eigenvalue weighted by atomic mass is 32.1. The van der Waals surface area contributed by atoms with Crippen LogP contribution in [0.4, 0.5) is 0 Å². The lowest BCUT2D eigenvalue weighted by Gasteiger charge is -2.57. The van der Waals surface area contributed by atoms with Crippen LogP contribution >= 0.6 is 11.3 Å². The van der Waals surface area contributed by atoms with Gasteiger partial charge in [-0.15, -0.1) is 0 Å². The molecule has 24 heavy (non-hydrogen) atoms. The summed E-state index contributed by atoms with van der Waals surface area (Å²) in [6.45, 7) is 4.99. The van der Waals surface area contributed by atoms with E-state index >= 15 is 0 Å². The second kappa shape index (κ2) is 5.84. The maximum Gasteiger partial charge on any atom is 0.228 e. The van der Waals surface area contributed by atoms with Gasteiger partial charge in [-0.3, -0.25) is 9.69 Å². The molecule has 4 bridgehead atoms. The molecular formula is C20H28N2OS. The lowest BCUT2D eigenvalue weighted by molar-refractivity contribution is -0.159. The SMILES string of the molecule is O=C(N1CCN(Cc2ccsc2)CC1)C12CC3CC(CC(C3)C1)C2. The number of carbonyl (C=O) groups excluding carboxylic acids is 1. The summed E-state index contributed by atoms with van der Waals surface area (Å²) in [4.78, 5) is 18.1. The molecule has 0 atom stereocenters. The number of hydrogen-bond acceptors (Lipinski definition) is 3. The van der Waals surface area contributed by atoms with Gasteiger partial charge in [0.05, 0.1) is 5.41 Å². The van der Waals surface area contributed by atoms with Crippen molar-refractivity contribution in [2.75, 3.05) is 26.2 Å². The molecular weight excluding hydrogens is 316 g/mol. The Morgan fingerprint density at radius 1 is 1.04 bits per heavy atom. The van der Waals surface area contributed by atoms with Gasteiger partial charge in [-0.25, -0.2) is 0 Å². The van der Waals surface area contributed by atoms with Crippen molar-refractivity contribution in [3.05, 3.63) is 22.4 Å². The van der Waals surface area contributed by atoms with Gasteiger partial charge in [0.2, 0.25) is 5.91 Å². The van der Waals surface area contributed by atoms with Crippen molar-refractivity contribution < 1.29 is 4.79 Å². The average Bonchev–Trinajstić information content (AvgIpc) is 3.07. The van der Waals surface area contributed by atoms with E-state index < -0.39 is 0 Å². The molecule has 1 aromatic rings. The Kier molecular flexibility index (Phi) is 3.75. The van der Waals surface area contributed by atoms with Crippen molar-refractivity contribution in [1.82, 2.24) is 9.80 Å². The molecule has 1 aromatic heterocycles. The van der Waals surface area contributed by atoms with Gasteiger partial charge in [0, 0.05) is 32.7 Å². The Hall–Kier alpha value is -0.870. The molecule has 0 radical (unpaired) electrons. The Labute approximate surface area is 149 Å². The van der Waals surface area contributed by atoms with E-state index in [-0.39, 0.29) is 5.41 Å². The van der Waals surface area contributed by atoms with E-state index in [2.05, 4.69) is 26.6 Å². The first-order valence-corrected chi connectivity index (χ1v) is 10.7. The van der Waals surface area contributed by atoms with Gasteiger partial charge in [-0.1, -0.05) is 0 Å². The van der Waals surface area contributed by atoms with Gasteiger partial charge >= 0.3 is 0 Å². The first kappa shape index (κ1) is 15.4. The van der Waals surface area contributed by atoms with Crippen molar-refractivity contribution >= 4 is 17.2 Å². The van der Waals surface area contributed by atoms with Gasteiger partial charge < -0.3 is 4.90 Å². The van der Waals surface area contributed by atoms with E-state index in [4.69, 9.17) is 0 Å². The number of amides is 1. The van der Waals surface area contributed by atoms with Crippen LogP contribution < -0.4 is 0 Å². The molecule has 0 unspecified atom stereocenters. The van der Waals surface area contributed by atoms with Crippen molar-refractivity contribution in [2.24, 2.45) is 23.2 Å². The van der Waals surface area contributed by atoms with E-state index in [1.807, 2.05) is 0 Å². The molecule has 1 amide bonds. The summed E-state index contributed by atoms with van der Waals surface area (Å²) in [5, 5.41) is 4.40. The molecule has 130 valence electrons. The zero-order valence-corrected chi connectivity index (χ0v) is 15.3. The van der Waals surface area contributed by atoms with Crippen LogP contribution in [0.15, 0.2) is 16.8 Å². The zero-order chi connectivity index (χ0) is 16.1. The van der Waals surface area contributed by atoms with Crippen LogP contribution in [-0.4, -0.2) is 41.9 Å². The van der Waals surface area contributed by atoms with Crippen LogP contribution in [0, 0.1) is 23.2 Å². The zero-order valence-electron chi connectivity index (χ0n) is 14.5. The molecule has 0 aromatic carbocycles. The van der Waals surface area contributed by atoms with Gasteiger partial charge in [-0.2, -0.15) is 11.3 Å². The quantitative estimate of drug-likeness (QED) is 0.836. The summed E-state index contributed by atoms with van der Waals surface area (Å²) in [6, 6.07) is 2.22. The lowest BCUT2D eigenvalue weighted by Crippen LogP contribution is -2.58. The van der Waals surface area contributed by atoms with Crippen molar-refractivity contribution in [3.8, 4) is 0 Å². The Morgan fingerprint density at radius 3 is 2.21 bits per heavy atom. The third kappa shape index (κ3) is 2.62. The number of rotatable bonds is 3. The van der Waals surface area contributed by atoms with Crippen LogP contribution in [0.2, 0.25) is 0 Å². The smallest absolute Gasteiger partial charge is 0.228 e. The normalized spacial score (nSPS) is 38.7. The third-order valence-electron chi connectivity index (χ3n) is 7.14. The van der Waals surface area contributed by atoms with Crippen LogP contribution in [0.1, 0.15) is 44.1 Å². The van der Waals surface area contributed by atoms with E-state index in [9.17, 15) is 4.79 Å². The molecule has 3 nitrogen and oxygen atoms in total. The standard InChI is InChI=1S/C20H28N2OS/c23-19(20-10-16-7-17(11-20)9-18(8-16)12-20)22-4-2-21(3-5-22)13-15-1-6-24-14-15/h1,6,14,16-18H,2-5,7-13H2. The highest BCUT2D eigenvalue weighted by Crippen LogP contribution is 2.60. The summed E-state index contributed by atoms with van der Waals surface area (Å²) in [6.07, 6.45) is 7.86. The summed E-state index contributed by atoms with van der Waals surface area (Å²) < 4.78 is 0. The van der Waals surface area contributed by atoms with E-state index in [0.717, 1.165) is 50.5 Å². The Morgan fingerprint density at radius 2 is 1.67 bits per heavy atom. The van der Waals surface area contributed by atoms with Crippen LogP contribution in [-0.2, 0) is 11.3 Å². The predicted molar refractivity (Wildman–Crippen MR) is 96.8 cm³/mol. The number of carbonyl (C=O) groups is 1. The molecule has 1 saturated heterocycles. The van der Waals surface area contributed by atoms with E-state index in [1.54, 1.807) is 11.3 Å². The molecule has 4 saturated carbocycles. The number of thiophene rings is 1. The van der Waals surface area contributed by atoms with Crippen LogP contribution in [0.3, 0.4) is 0 Å². The van der Waals surface area contributed by atoms with Crippen LogP contribution in [0.25, 0.3) is 0 Å². The highest BCUT2D eigenvalue weighted by Gasteiger charge is 2.55. The topological polar surface area (TPSA) is 23.6 Å². The molecule has 2 heterocycles. The fourth-order valence-corrected chi connectivity index (χ4v) is 7.12. The van der Waals surface area contributed by atoms with E-state index in [0.29, 0.717) is 5.91 Å². The number of hydrogen-bond donors (Lipinski definition) is 0. The Bertz CT molecular complexity index is 568. The second-order valence-corrected chi connectivity index (χ2v) is 9.68. The molecule has 6 rings (SSSR count). The first-order valence-electron chi connectivity index (χ1n) is 9.73. The van der Waals surface area contributed by atoms with Crippen molar-refractivity contribution in [2.45, 2.75) is 45.1 Å². The third-order valence-corrected chi connectivity index (χ3v) is 7.87. The molecule has 0 N–H and O–H groups in total. The largest absolute Gasteiger partial charge is 0.340 e. The molecule has 5 fully saturated rings. The van der Waals surface area contributed by atoms with Crippen LogP contribution in [0.5, 0.6) is 0 Å². The lowest BCUT2D eigenvalue weighted by atomic mass is 9.49. The fraction of sp³-hybridized carbons (Fsp3) is 0.750. The van der Waals surface area contributed by atoms with Crippen molar-refractivity contribution in [3.63, 3.8) is 0 Å². The van der Waals surface area contributed by atoms with Gasteiger partial charge in [0.25, 0.3) is 0 Å². The molecule has 4 aliphatic carbocycles. The van der Waals surface area contributed by atoms with Gasteiger partial charge in [0.15, 0.2) is 0 Å². The summed E-state index contributed by atoms with van der Waals surface area (Å²) in [7, 11) is 0. The molecule has 4 heteroatoms. The minimum atomic E-state index is 0.0459. The van der Waals surface area contributed by atoms with Gasteiger partial charge in [-0.05, 0) is 78.7 Å². The summed E-state index contributed by atoms with van der Waals surface area (Å²) in [5.74, 6) is 3.11. The maximum absolute atomic E-state index is 13.4. The summed E-state index contributed by atoms with van der Waals surface area (Å²) >= 11 is 1.77. The maximum atomic E-state index is 13.4. The van der Waals surface area contributed by atoms with E-state index in [1.165, 1.54) is 44.1 Å². The highest BCUT2D eigenvalue weighted by molar-refractivity contribution is 7.07. The average molecular weight is 345 g/mol. The first-order chi connectivity index (χ1) is 11.7. The second-order valence-electron chi connectivity index (χ2n) is 8.90. The Balaban J connectivity index is 1.23. The fourth-order valence-electron chi connectivity index (χ4n) is 6.46. The van der Waals surface area contributed by atoms with Crippen molar-refractivity contribution in [1.29, 1.82) is 0 Å². The number of nitrogens with zero attached hydrogens (tertiary/aromatic N) is 2. The minimum absolute atomic E-state index is 0.0459. The monoisotopic (exact) mass is 344 g/mol. The summed E-state index contributed by atoms with van der Waals surface area (Å²) in [5.41, 5.74) is 1.46. The molecule has 1 aliphatic heterocycles. The minimum Gasteiger partial charge on any atom is -0.340 e. The molecule has 0 spiro atoms. The predicted octanol–water partition coefficient (Wildman–Crippen LogP) is 3.61. The van der Waals surface area contributed by atoms with Gasteiger partial charge in [0.1, 0.15) is 0 Å².